The summed E-state index contributed by atoms with van der Waals surface area (Å²) in [5, 5.41) is 6.19. The summed E-state index contributed by atoms with van der Waals surface area (Å²) >= 11 is 0. The van der Waals surface area contributed by atoms with Crippen molar-refractivity contribution in [2.45, 2.75) is 38.7 Å². The monoisotopic (exact) mass is 325 g/mol. The number of amides is 1. The molecule has 2 aromatic rings. The molecule has 1 unspecified atom stereocenters. The van der Waals surface area contributed by atoms with Gasteiger partial charge in [-0.15, -0.1) is 0 Å². The second kappa shape index (κ2) is 7.45. The minimum absolute atomic E-state index is 0.120. The maximum Gasteiger partial charge on any atom is 0.254 e. The van der Waals surface area contributed by atoms with Crippen molar-refractivity contribution in [2.75, 3.05) is 17.2 Å². The number of hydrogen-bond donors (Lipinski definition) is 2. The van der Waals surface area contributed by atoms with Gasteiger partial charge in [0.1, 0.15) is 11.9 Å². The molecule has 5 heteroatoms. The molecule has 1 aromatic carbocycles. The Bertz CT molecular complexity index is 692. The summed E-state index contributed by atoms with van der Waals surface area (Å²) in [6.45, 7) is 4.99. The maximum atomic E-state index is 12.0. The first-order valence-corrected chi connectivity index (χ1v) is 8.38. The first-order chi connectivity index (χ1) is 11.6. The predicted octanol–water partition coefficient (Wildman–Crippen LogP) is 4.07. The zero-order valence-corrected chi connectivity index (χ0v) is 14.1. The summed E-state index contributed by atoms with van der Waals surface area (Å²) < 4.78 is 5.37. The number of nitrogens with one attached hydrogen (secondary N) is 2. The van der Waals surface area contributed by atoms with Crippen LogP contribution in [0.2, 0.25) is 0 Å². The van der Waals surface area contributed by atoms with Crippen molar-refractivity contribution in [1.29, 1.82) is 0 Å². The quantitative estimate of drug-likeness (QED) is 0.870. The Hall–Kier alpha value is -2.40. The van der Waals surface area contributed by atoms with Gasteiger partial charge in [0.15, 0.2) is 0 Å². The van der Waals surface area contributed by atoms with E-state index in [1.807, 2.05) is 18.2 Å². The van der Waals surface area contributed by atoms with Crippen molar-refractivity contribution >= 4 is 23.1 Å². The molecule has 1 aliphatic rings. The Kier molecular flexibility index (Phi) is 5.11. The number of anilines is 3. The summed E-state index contributed by atoms with van der Waals surface area (Å²) in [6.07, 6.45) is 3.09. The van der Waals surface area contributed by atoms with Crippen LogP contribution in [0.15, 0.2) is 42.6 Å². The highest BCUT2D eigenvalue weighted by molar-refractivity contribution is 5.93. The van der Waals surface area contributed by atoms with Crippen LogP contribution in [0.25, 0.3) is 0 Å². The Balaban J connectivity index is 1.65. The van der Waals surface area contributed by atoms with Gasteiger partial charge < -0.3 is 15.4 Å². The van der Waals surface area contributed by atoms with Crippen LogP contribution in [0.1, 0.15) is 38.2 Å². The van der Waals surface area contributed by atoms with Gasteiger partial charge in [-0.2, -0.15) is 0 Å². The van der Waals surface area contributed by atoms with Gasteiger partial charge in [0.2, 0.25) is 0 Å². The van der Waals surface area contributed by atoms with Crippen molar-refractivity contribution in [1.82, 2.24) is 4.98 Å². The molecule has 0 radical (unpaired) electrons. The van der Waals surface area contributed by atoms with E-state index in [2.05, 4.69) is 41.6 Å². The fourth-order valence-electron chi connectivity index (χ4n) is 2.80. The molecule has 1 fully saturated rings. The van der Waals surface area contributed by atoms with Crippen molar-refractivity contribution < 1.29 is 9.53 Å². The molecule has 5 nitrogen and oxygen atoms in total. The third-order valence-electron chi connectivity index (χ3n) is 4.10. The molecule has 0 saturated carbocycles. The smallest absolute Gasteiger partial charge is 0.254 e. The predicted molar refractivity (Wildman–Crippen MR) is 95.7 cm³/mol. The minimum atomic E-state index is -0.345. The number of carbonyl (C=O) groups is 1. The Labute approximate surface area is 142 Å². The van der Waals surface area contributed by atoms with E-state index >= 15 is 0 Å². The summed E-state index contributed by atoms with van der Waals surface area (Å²) in [5.41, 5.74) is 3.22. The van der Waals surface area contributed by atoms with E-state index in [-0.39, 0.29) is 12.0 Å². The molecule has 0 aliphatic carbocycles. The lowest BCUT2D eigenvalue weighted by Gasteiger charge is -2.15. The molecule has 1 amide bonds. The maximum absolute atomic E-state index is 12.0. The average Bonchev–Trinajstić information content (AvgIpc) is 3.11. The normalized spacial score (nSPS) is 17.0. The molecule has 1 atom stereocenters. The van der Waals surface area contributed by atoms with Crippen LogP contribution < -0.4 is 10.6 Å². The number of rotatable bonds is 5. The lowest BCUT2D eigenvalue weighted by molar-refractivity contribution is -0.124. The van der Waals surface area contributed by atoms with E-state index in [1.54, 1.807) is 12.3 Å². The number of pyridine rings is 1. The number of carbonyl (C=O) groups excluding carboxylic acids is 1. The van der Waals surface area contributed by atoms with Crippen molar-refractivity contribution in [3.8, 4) is 0 Å². The van der Waals surface area contributed by atoms with Gasteiger partial charge in [-0.3, -0.25) is 4.79 Å². The number of ether oxygens (including phenoxy) is 1. The molecule has 2 N–H and O–H groups in total. The topological polar surface area (TPSA) is 63.2 Å². The zero-order valence-electron chi connectivity index (χ0n) is 14.1. The molecule has 24 heavy (non-hydrogen) atoms. The van der Waals surface area contributed by atoms with Crippen LogP contribution in [0.4, 0.5) is 17.2 Å². The van der Waals surface area contributed by atoms with Crippen LogP contribution in [0.5, 0.6) is 0 Å². The van der Waals surface area contributed by atoms with Crippen LogP contribution in [-0.4, -0.2) is 23.6 Å². The number of benzene rings is 1. The summed E-state index contributed by atoms with van der Waals surface area (Å²) in [6, 6.07) is 11.9. The first-order valence-electron chi connectivity index (χ1n) is 8.38. The van der Waals surface area contributed by atoms with Gasteiger partial charge in [-0.1, -0.05) is 32.0 Å². The van der Waals surface area contributed by atoms with Gasteiger partial charge in [-0.05, 0) is 42.5 Å². The highest BCUT2D eigenvalue weighted by Crippen LogP contribution is 2.27. The first kappa shape index (κ1) is 16.5. The third kappa shape index (κ3) is 3.92. The minimum Gasteiger partial charge on any atom is -0.368 e. The number of nitrogens with zero attached hydrogens (tertiary/aromatic N) is 1. The van der Waals surface area contributed by atoms with Crippen molar-refractivity contribution in [3.05, 3.63) is 48.2 Å². The average molecular weight is 325 g/mol. The Morgan fingerprint density at radius 1 is 1.25 bits per heavy atom. The van der Waals surface area contributed by atoms with E-state index in [0.29, 0.717) is 18.3 Å². The van der Waals surface area contributed by atoms with Crippen molar-refractivity contribution in [2.24, 2.45) is 0 Å². The van der Waals surface area contributed by atoms with Crippen LogP contribution in [-0.2, 0) is 9.53 Å². The standard InChI is InChI=1S/C19H23N3O2/c1-13(2)15-6-3-4-7-16(15)21-14-9-10-18(20-12-14)22-19(23)17-8-5-11-24-17/h3-4,6-7,9-10,12-13,17,21H,5,8,11H2,1-2H3,(H,20,22,23). The highest BCUT2D eigenvalue weighted by atomic mass is 16.5. The van der Waals surface area contributed by atoms with E-state index in [1.165, 1.54) is 5.56 Å². The van der Waals surface area contributed by atoms with Crippen molar-refractivity contribution in [3.63, 3.8) is 0 Å². The third-order valence-corrected chi connectivity index (χ3v) is 4.10. The van der Waals surface area contributed by atoms with E-state index < -0.39 is 0 Å². The van der Waals surface area contributed by atoms with Crippen LogP contribution in [0, 0.1) is 0 Å². The number of hydrogen-bond acceptors (Lipinski definition) is 4. The summed E-state index contributed by atoms with van der Waals surface area (Å²) in [5.74, 6) is 0.857. The molecule has 1 saturated heterocycles. The van der Waals surface area contributed by atoms with Gasteiger partial charge in [0, 0.05) is 12.3 Å². The SMILES string of the molecule is CC(C)c1ccccc1Nc1ccc(NC(=O)C2CCCO2)nc1. The molecule has 3 rings (SSSR count). The molecule has 1 aliphatic heterocycles. The lowest BCUT2D eigenvalue weighted by atomic mass is 10.0. The Morgan fingerprint density at radius 2 is 2.08 bits per heavy atom. The second-order valence-corrected chi connectivity index (χ2v) is 6.29. The summed E-state index contributed by atoms with van der Waals surface area (Å²) in [7, 11) is 0. The van der Waals surface area contributed by atoms with Gasteiger partial charge in [0.25, 0.3) is 5.91 Å². The zero-order chi connectivity index (χ0) is 16.9. The van der Waals surface area contributed by atoms with Gasteiger partial charge in [-0.25, -0.2) is 4.98 Å². The van der Waals surface area contributed by atoms with E-state index in [4.69, 9.17) is 4.74 Å². The van der Waals surface area contributed by atoms with Crippen LogP contribution in [0.3, 0.4) is 0 Å². The molecular weight excluding hydrogens is 302 g/mol. The van der Waals surface area contributed by atoms with Gasteiger partial charge in [0.05, 0.1) is 11.9 Å². The summed E-state index contributed by atoms with van der Waals surface area (Å²) in [4.78, 5) is 16.3. The largest absolute Gasteiger partial charge is 0.368 e. The number of para-hydroxylation sites is 1. The van der Waals surface area contributed by atoms with E-state index in [0.717, 1.165) is 24.2 Å². The highest BCUT2D eigenvalue weighted by Gasteiger charge is 2.23. The number of aromatic nitrogens is 1. The molecule has 2 heterocycles. The molecule has 1 aromatic heterocycles. The van der Waals surface area contributed by atoms with E-state index in [9.17, 15) is 4.79 Å². The van der Waals surface area contributed by atoms with Crippen LogP contribution >= 0.6 is 0 Å². The molecule has 0 bridgehead atoms. The lowest BCUT2D eigenvalue weighted by Crippen LogP contribution is -2.27. The molecule has 126 valence electrons. The molecular formula is C19H23N3O2. The molecule has 0 spiro atoms. The fraction of sp³-hybridized carbons (Fsp3) is 0.368. The fourth-order valence-corrected chi connectivity index (χ4v) is 2.80. The van der Waals surface area contributed by atoms with Gasteiger partial charge >= 0.3 is 0 Å². The Morgan fingerprint density at radius 3 is 2.75 bits per heavy atom. The second-order valence-electron chi connectivity index (χ2n) is 6.29.